The molecule has 166 valence electrons. The topological polar surface area (TPSA) is 36.4 Å². The molecule has 1 N–H and O–H groups in total. The second kappa shape index (κ2) is 12.2. The molecule has 1 atom stereocenters. The predicted octanol–water partition coefficient (Wildman–Crippen LogP) is 7.27. The van der Waals surface area contributed by atoms with Gasteiger partial charge < -0.3 is 10.0 Å². The van der Waals surface area contributed by atoms with Gasteiger partial charge in [0.1, 0.15) is 0 Å². The number of hydrogen-bond donors (Lipinski definition) is 1. The van der Waals surface area contributed by atoms with E-state index in [0.29, 0.717) is 11.6 Å². The molecule has 0 saturated carbocycles. The zero-order valence-electron chi connectivity index (χ0n) is 18.9. The van der Waals surface area contributed by atoms with Crippen molar-refractivity contribution in [3.8, 4) is 11.3 Å². The highest BCUT2D eigenvalue weighted by Crippen LogP contribution is 2.31. The van der Waals surface area contributed by atoms with Crippen LogP contribution in [-0.4, -0.2) is 34.6 Å². The molecule has 4 heteroatoms. The molecule has 0 aliphatic carbocycles. The maximum atomic E-state index is 11.3. The fourth-order valence-corrected chi connectivity index (χ4v) is 4.24. The van der Waals surface area contributed by atoms with Gasteiger partial charge in [-0.3, -0.25) is 0 Å². The third-order valence-electron chi connectivity index (χ3n) is 5.82. The van der Waals surface area contributed by atoms with E-state index in [2.05, 4.69) is 30.9 Å². The van der Waals surface area contributed by atoms with Crippen molar-refractivity contribution in [1.29, 1.82) is 0 Å². The highest BCUT2D eigenvalue weighted by molar-refractivity contribution is 6.31. The second-order valence-corrected chi connectivity index (χ2v) is 8.79. The first-order valence-electron chi connectivity index (χ1n) is 11.7. The second-order valence-electron chi connectivity index (χ2n) is 8.35. The molecule has 0 radical (unpaired) electrons. The van der Waals surface area contributed by atoms with Crippen LogP contribution >= 0.6 is 11.6 Å². The lowest BCUT2D eigenvalue weighted by Gasteiger charge is -2.26. The number of aliphatic hydroxyl groups is 1. The molecule has 0 aliphatic rings. The summed E-state index contributed by atoms with van der Waals surface area (Å²) < 4.78 is 0. The normalized spacial score (nSPS) is 12.5. The van der Waals surface area contributed by atoms with E-state index in [4.69, 9.17) is 16.6 Å². The van der Waals surface area contributed by atoms with E-state index in [0.717, 1.165) is 40.8 Å². The van der Waals surface area contributed by atoms with E-state index < -0.39 is 6.10 Å². The minimum atomic E-state index is -0.572. The molecule has 3 rings (SSSR count). The number of benzene rings is 2. The molecule has 0 aliphatic heterocycles. The van der Waals surface area contributed by atoms with Gasteiger partial charge in [0.25, 0.3) is 0 Å². The van der Waals surface area contributed by atoms with Gasteiger partial charge in [-0.2, -0.15) is 0 Å². The van der Waals surface area contributed by atoms with Gasteiger partial charge >= 0.3 is 0 Å². The molecule has 1 aromatic heterocycles. The van der Waals surface area contributed by atoms with Gasteiger partial charge in [-0.15, -0.1) is 0 Å². The summed E-state index contributed by atoms with van der Waals surface area (Å²) >= 11 is 6.26. The molecule has 2 aromatic carbocycles. The third-order valence-corrected chi connectivity index (χ3v) is 6.05. The summed E-state index contributed by atoms with van der Waals surface area (Å²) in [5, 5.41) is 13.0. The van der Waals surface area contributed by atoms with E-state index in [9.17, 15) is 5.11 Å². The Kier molecular flexibility index (Phi) is 9.32. The van der Waals surface area contributed by atoms with Crippen LogP contribution in [0.5, 0.6) is 0 Å². The zero-order chi connectivity index (χ0) is 22.1. The smallest absolute Gasteiger partial charge is 0.0924 e. The van der Waals surface area contributed by atoms with Gasteiger partial charge in [-0.1, -0.05) is 87.5 Å². The molecular formula is C27H35ClN2O. The van der Waals surface area contributed by atoms with Crippen molar-refractivity contribution in [2.24, 2.45) is 0 Å². The quantitative estimate of drug-likeness (QED) is 0.302. The van der Waals surface area contributed by atoms with Gasteiger partial charge in [0.05, 0.1) is 17.3 Å². The Balaban J connectivity index is 1.90. The van der Waals surface area contributed by atoms with Crippen molar-refractivity contribution in [3.05, 3.63) is 65.2 Å². The van der Waals surface area contributed by atoms with Crippen molar-refractivity contribution in [2.75, 3.05) is 19.6 Å². The van der Waals surface area contributed by atoms with Gasteiger partial charge in [0.2, 0.25) is 0 Å². The van der Waals surface area contributed by atoms with Crippen LogP contribution in [-0.2, 0) is 0 Å². The number of hydrogen-bond acceptors (Lipinski definition) is 3. The minimum absolute atomic E-state index is 0.572. The summed E-state index contributed by atoms with van der Waals surface area (Å²) in [4.78, 5) is 7.27. The number of nitrogens with zero attached hydrogens (tertiary/aromatic N) is 2. The average molecular weight is 439 g/mol. The first-order chi connectivity index (χ1) is 15.1. The van der Waals surface area contributed by atoms with E-state index in [1.807, 2.05) is 42.5 Å². The van der Waals surface area contributed by atoms with Crippen molar-refractivity contribution in [2.45, 2.75) is 58.5 Å². The van der Waals surface area contributed by atoms with Crippen LogP contribution in [0.2, 0.25) is 5.02 Å². The van der Waals surface area contributed by atoms with E-state index in [1.54, 1.807) is 0 Å². The molecule has 0 fully saturated rings. The Hall–Kier alpha value is -1.94. The van der Waals surface area contributed by atoms with Crippen LogP contribution in [0.25, 0.3) is 22.2 Å². The predicted molar refractivity (Wildman–Crippen MR) is 133 cm³/mol. The molecular weight excluding hydrogens is 404 g/mol. The Morgan fingerprint density at radius 1 is 0.903 bits per heavy atom. The monoisotopic (exact) mass is 438 g/mol. The fraction of sp³-hybridized carbons (Fsp3) is 0.444. The average Bonchev–Trinajstić information content (AvgIpc) is 2.78. The summed E-state index contributed by atoms with van der Waals surface area (Å²) in [6, 6.07) is 17.9. The number of aromatic nitrogens is 1. The van der Waals surface area contributed by atoms with Crippen LogP contribution in [0.1, 0.15) is 64.0 Å². The van der Waals surface area contributed by atoms with Crippen molar-refractivity contribution >= 4 is 22.5 Å². The number of halogens is 1. The maximum absolute atomic E-state index is 11.3. The summed E-state index contributed by atoms with van der Waals surface area (Å²) in [6.07, 6.45) is 6.67. The summed E-state index contributed by atoms with van der Waals surface area (Å²) in [5.41, 5.74) is 3.66. The molecule has 3 nitrogen and oxygen atoms in total. The van der Waals surface area contributed by atoms with Gasteiger partial charge in [0.15, 0.2) is 0 Å². The standard InChI is InChI=1S/C27H35ClN2O/c1-3-5-10-16-30(17-11-6-4-2)20-27(31)24-19-25(21-12-8-7-9-13-21)29-26-18-22(28)14-15-23(24)26/h7-9,12-15,18-19,27,31H,3-6,10-11,16-17,20H2,1-2H3/t27-/m0/s1. The summed E-state index contributed by atoms with van der Waals surface area (Å²) in [5.74, 6) is 0. The number of aliphatic hydroxyl groups excluding tert-OH is 1. The minimum Gasteiger partial charge on any atom is -0.387 e. The highest BCUT2D eigenvalue weighted by atomic mass is 35.5. The lowest BCUT2D eigenvalue weighted by atomic mass is 9.99. The van der Waals surface area contributed by atoms with Crippen molar-refractivity contribution in [1.82, 2.24) is 9.88 Å². The van der Waals surface area contributed by atoms with Gasteiger partial charge in [0, 0.05) is 22.5 Å². The van der Waals surface area contributed by atoms with Crippen LogP contribution in [0, 0.1) is 0 Å². The molecule has 0 spiro atoms. The highest BCUT2D eigenvalue weighted by Gasteiger charge is 2.18. The number of rotatable bonds is 12. The molecule has 0 amide bonds. The van der Waals surface area contributed by atoms with E-state index >= 15 is 0 Å². The van der Waals surface area contributed by atoms with Crippen LogP contribution < -0.4 is 0 Å². The maximum Gasteiger partial charge on any atom is 0.0924 e. The van der Waals surface area contributed by atoms with Crippen LogP contribution in [0.3, 0.4) is 0 Å². The van der Waals surface area contributed by atoms with Gasteiger partial charge in [-0.25, -0.2) is 4.98 Å². The van der Waals surface area contributed by atoms with Crippen LogP contribution in [0.4, 0.5) is 0 Å². The SMILES string of the molecule is CCCCCN(CCCCC)C[C@H](O)c1cc(-c2ccccc2)nc2cc(Cl)ccc12. The van der Waals surface area contributed by atoms with E-state index in [-0.39, 0.29) is 0 Å². The largest absolute Gasteiger partial charge is 0.387 e. The van der Waals surface area contributed by atoms with Gasteiger partial charge in [-0.05, 0) is 49.7 Å². The molecule has 3 aromatic rings. The Bertz CT molecular complexity index is 935. The first kappa shape index (κ1) is 23.7. The summed E-state index contributed by atoms with van der Waals surface area (Å²) in [7, 11) is 0. The Labute approximate surface area is 192 Å². The fourth-order valence-electron chi connectivity index (χ4n) is 4.07. The molecule has 0 bridgehead atoms. The molecule has 1 heterocycles. The summed E-state index contributed by atoms with van der Waals surface area (Å²) in [6.45, 7) is 7.18. The number of fused-ring (bicyclic) bond motifs is 1. The zero-order valence-corrected chi connectivity index (χ0v) is 19.6. The first-order valence-corrected chi connectivity index (χ1v) is 12.1. The molecule has 0 unspecified atom stereocenters. The van der Waals surface area contributed by atoms with Crippen molar-refractivity contribution < 1.29 is 5.11 Å². The third kappa shape index (κ3) is 6.77. The number of unbranched alkanes of at least 4 members (excludes halogenated alkanes) is 4. The molecule has 31 heavy (non-hydrogen) atoms. The van der Waals surface area contributed by atoms with E-state index in [1.165, 1.54) is 38.5 Å². The Morgan fingerprint density at radius 3 is 2.23 bits per heavy atom. The van der Waals surface area contributed by atoms with Crippen molar-refractivity contribution in [3.63, 3.8) is 0 Å². The Morgan fingerprint density at radius 2 is 1.58 bits per heavy atom. The molecule has 0 saturated heterocycles. The lowest BCUT2D eigenvalue weighted by Crippen LogP contribution is -2.31. The van der Waals surface area contributed by atoms with Crippen LogP contribution in [0.15, 0.2) is 54.6 Å². The lowest BCUT2D eigenvalue weighted by molar-refractivity contribution is 0.111. The number of pyridine rings is 1.